The first-order valence-corrected chi connectivity index (χ1v) is 10.6. The number of aliphatic hydroxyl groups is 1. The molecular weight excluding hydrogens is 420 g/mol. The van der Waals surface area contributed by atoms with E-state index in [4.69, 9.17) is 9.47 Å². The molecule has 1 aliphatic rings. The third kappa shape index (κ3) is 4.36. The third-order valence-electron chi connectivity index (χ3n) is 5.43. The molecule has 4 rings (SSSR count). The number of carbonyl (C=O) groups is 2. The maximum absolute atomic E-state index is 12.8. The average molecular weight is 444 g/mol. The second-order valence-corrected chi connectivity index (χ2v) is 7.57. The topological polar surface area (TPSA) is 97.2 Å². The molecule has 1 unspecified atom stereocenters. The van der Waals surface area contributed by atoms with Gasteiger partial charge in [-0.15, -0.1) is 0 Å². The number of benzene rings is 3. The molecule has 2 N–H and O–H groups in total. The first-order chi connectivity index (χ1) is 16.0. The molecule has 3 aromatic carbocycles. The van der Waals surface area contributed by atoms with Crippen LogP contribution in [0.2, 0.25) is 0 Å². The molecule has 0 spiro atoms. The van der Waals surface area contributed by atoms with Gasteiger partial charge in [-0.2, -0.15) is 5.10 Å². The van der Waals surface area contributed by atoms with E-state index < -0.39 is 23.9 Å². The standard InChI is InChI=1S/C26H24N2O5/c1-3-33-18-14-12-17(13-15-18)23(29)16-26(31,25(30)32-2)28-27-24-21-10-6-4-8-19(21)20-9-5-7-11-22(20)24/h4-15,28,31H,3,16H2,1-2H3. The largest absolute Gasteiger partial charge is 0.494 e. The van der Waals surface area contributed by atoms with Crippen molar-refractivity contribution in [2.45, 2.75) is 19.1 Å². The lowest BCUT2D eigenvalue weighted by molar-refractivity contribution is -0.165. The summed E-state index contributed by atoms with van der Waals surface area (Å²) in [6.07, 6.45) is -0.562. The van der Waals surface area contributed by atoms with E-state index in [2.05, 4.69) is 10.5 Å². The molecule has 33 heavy (non-hydrogen) atoms. The number of ether oxygens (including phenoxy) is 2. The zero-order valence-corrected chi connectivity index (χ0v) is 18.4. The van der Waals surface area contributed by atoms with Crippen molar-refractivity contribution in [2.75, 3.05) is 13.7 Å². The Kier molecular flexibility index (Phi) is 6.24. The van der Waals surface area contributed by atoms with Crippen molar-refractivity contribution in [1.82, 2.24) is 5.43 Å². The molecule has 3 aromatic rings. The number of nitrogens with zero attached hydrogens (tertiary/aromatic N) is 1. The van der Waals surface area contributed by atoms with E-state index in [0.29, 0.717) is 23.6 Å². The monoisotopic (exact) mass is 444 g/mol. The highest BCUT2D eigenvalue weighted by Gasteiger charge is 2.40. The Hall–Kier alpha value is -3.97. The molecule has 0 amide bonds. The highest BCUT2D eigenvalue weighted by Crippen LogP contribution is 2.36. The molecule has 0 heterocycles. The van der Waals surface area contributed by atoms with Crippen LogP contribution in [0.15, 0.2) is 77.9 Å². The number of methoxy groups -OCH3 is 1. The fraction of sp³-hybridized carbons (Fsp3) is 0.192. The Labute approximate surface area is 191 Å². The van der Waals surface area contributed by atoms with Crippen LogP contribution in [0.5, 0.6) is 5.75 Å². The van der Waals surface area contributed by atoms with Crippen LogP contribution in [0.4, 0.5) is 0 Å². The minimum Gasteiger partial charge on any atom is -0.494 e. The Morgan fingerprint density at radius 1 is 0.909 bits per heavy atom. The van der Waals surface area contributed by atoms with E-state index in [-0.39, 0.29) is 0 Å². The maximum Gasteiger partial charge on any atom is 0.361 e. The predicted octanol–water partition coefficient (Wildman–Crippen LogP) is 3.54. The summed E-state index contributed by atoms with van der Waals surface area (Å²) in [6.45, 7) is 2.37. The van der Waals surface area contributed by atoms with Crippen LogP contribution in [0, 0.1) is 0 Å². The van der Waals surface area contributed by atoms with E-state index in [1.807, 2.05) is 55.5 Å². The normalized spacial score (nSPS) is 13.4. The number of esters is 1. The van der Waals surface area contributed by atoms with Gasteiger partial charge in [0.1, 0.15) is 5.75 Å². The van der Waals surface area contributed by atoms with Crippen molar-refractivity contribution in [3.63, 3.8) is 0 Å². The second-order valence-electron chi connectivity index (χ2n) is 7.57. The molecule has 0 aliphatic heterocycles. The zero-order valence-electron chi connectivity index (χ0n) is 18.4. The van der Waals surface area contributed by atoms with Crippen molar-refractivity contribution < 1.29 is 24.2 Å². The van der Waals surface area contributed by atoms with Gasteiger partial charge in [0.15, 0.2) is 5.78 Å². The van der Waals surface area contributed by atoms with Gasteiger partial charge < -0.3 is 14.6 Å². The van der Waals surface area contributed by atoms with Gasteiger partial charge in [-0.1, -0.05) is 48.5 Å². The van der Waals surface area contributed by atoms with Gasteiger partial charge >= 0.3 is 5.97 Å². The SMILES string of the molecule is CCOc1ccc(C(=O)CC(O)(NN=C2c3ccccc3-c3ccccc32)C(=O)OC)cc1. The molecule has 0 fully saturated rings. The van der Waals surface area contributed by atoms with E-state index in [9.17, 15) is 14.7 Å². The number of carbonyl (C=O) groups excluding carboxylic acids is 2. The van der Waals surface area contributed by atoms with Crippen molar-refractivity contribution >= 4 is 17.5 Å². The van der Waals surface area contributed by atoms with Crippen LogP contribution < -0.4 is 10.2 Å². The number of nitrogens with one attached hydrogen (secondary N) is 1. The molecule has 7 heteroatoms. The Balaban J connectivity index is 1.62. The Bertz CT molecular complexity index is 1170. The number of rotatable bonds is 8. The van der Waals surface area contributed by atoms with Crippen molar-refractivity contribution in [3.8, 4) is 16.9 Å². The number of hydrogen-bond donors (Lipinski definition) is 2. The van der Waals surface area contributed by atoms with Crippen LogP contribution in [-0.4, -0.2) is 42.0 Å². The van der Waals surface area contributed by atoms with Crippen LogP contribution >= 0.6 is 0 Å². The lowest BCUT2D eigenvalue weighted by Crippen LogP contribution is -2.52. The molecule has 0 bridgehead atoms. The molecule has 0 radical (unpaired) electrons. The summed E-state index contributed by atoms with van der Waals surface area (Å²) in [4.78, 5) is 25.3. The number of ketones is 1. The van der Waals surface area contributed by atoms with E-state index in [0.717, 1.165) is 29.4 Å². The summed E-state index contributed by atoms with van der Waals surface area (Å²) in [7, 11) is 1.14. The summed E-state index contributed by atoms with van der Waals surface area (Å²) < 4.78 is 10.1. The lowest BCUT2D eigenvalue weighted by atomic mass is 10.0. The van der Waals surface area contributed by atoms with E-state index >= 15 is 0 Å². The molecule has 7 nitrogen and oxygen atoms in total. The molecular formula is C26H24N2O5. The molecule has 168 valence electrons. The second kappa shape index (κ2) is 9.26. The fourth-order valence-electron chi connectivity index (χ4n) is 3.83. The Morgan fingerprint density at radius 2 is 1.45 bits per heavy atom. The van der Waals surface area contributed by atoms with Crippen molar-refractivity contribution in [1.29, 1.82) is 0 Å². The minimum absolute atomic E-state index is 0.326. The quantitative estimate of drug-likeness (QED) is 0.187. The van der Waals surface area contributed by atoms with Crippen LogP contribution in [0.25, 0.3) is 11.1 Å². The number of Topliss-reactive ketones (excluding diaryl/α,β-unsaturated/α-hetero) is 1. The lowest BCUT2D eigenvalue weighted by Gasteiger charge is -2.24. The van der Waals surface area contributed by atoms with Gasteiger partial charge in [0.25, 0.3) is 5.72 Å². The van der Waals surface area contributed by atoms with E-state index in [1.165, 1.54) is 0 Å². The van der Waals surface area contributed by atoms with Gasteiger partial charge in [-0.05, 0) is 42.3 Å². The molecule has 0 aromatic heterocycles. The maximum atomic E-state index is 12.8. The number of hydrogen-bond acceptors (Lipinski definition) is 7. The van der Waals surface area contributed by atoms with Crippen molar-refractivity contribution in [3.05, 3.63) is 89.5 Å². The van der Waals surface area contributed by atoms with Crippen LogP contribution in [-0.2, 0) is 9.53 Å². The average Bonchev–Trinajstić information content (AvgIpc) is 3.16. The van der Waals surface area contributed by atoms with Gasteiger partial charge in [0.2, 0.25) is 0 Å². The van der Waals surface area contributed by atoms with Crippen LogP contribution in [0.3, 0.4) is 0 Å². The highest BCUT2D eigenvalue weighted by molar-refractivity contribution is 6.24. The van der Waals surface area contributed by atoms with Gasteiger partial charge in [-0.3, -0.25) is 10.2 Å². The zero-order chi connectivity index (χ0) is 23.4. The van der Waals surface area contributed by atoms with Crippen LogP contribution in [0.1, 0.15) is 34.8 Å². The van der Waals surface area contributed by atoms with E-state index in [1.54, 1.807) is 24.3 Å². The summed E-state index contributed by atoms with van der Waals surface area (Å²) >= 11 is 0. The van der Waals surface area contributed by atoms with Gasteiger partial charge in [0.05, 0.1) is 25.8 Å². The first-order valence-electron chi connectivity index (χ1n) is 10.6. The third-order valence-corrected chi connectivity index (χ3v) is 5.43. The Morgan fingerprint density at radius 3 is 1.97 bits per heavy atom. The van der Waals surface area contributed by atoms with Crippen molar-refractivity contribution in [2.24, 2.45) is 5.10 Å². The first kappa shape index (κ1) is 22.2. The number of hydrazone groups is 1. The highest BCUT2D eigenvalue weighted by atomic mass is 16.5. The molecule has 0 saturated heterocycles. The smallest absolute Gasteiger partial charge is 0.361 e. The summed E-state index contributed by atoms with van der Waals surface area (Å²) in [6, 6.07) is 21.9. The summed E-state index contributed by atoms with van der Waals surface area (Å²) in [5, 5.41) is 15.4. The predicted molar refractivity (Wildman–Crippen MR) is 124 cm³/mol. The van der Waals surface area contributed by atoms with Gasteiger partial charge in [-0.25, -0.2) is 4.79 Å². The number of fused-ring (bicyclic) bond motifs is 3. The molecule has 1 atom stereocenters. The molecule has 1 aliphatic carbocycles. The minimum atomic E-state index is -2.34. The summed E-state index contributed by atoms with van der Waals surface area (Å²) in [5.41, 5.74) is 4.79. The summed E-state index contributed by atoms with van der Waals surface area (Å²) in [5.74, 6) is -0.836. The fourth-order valence-corrected chi connectivity index (χ4v) is 3.83. The van der Waals surface area contributed by atoms with Gasteiger partial charge in [0, 0.05) is 16.7 Å². The molecule has 0 saturated carbocycles.